The molecule has 6 N–H and O–H groups in total. The molecule has 10 aliphatic rings. The quantitative estimate of drug-likeness (QED) is 0.186. The number of aliphatic carboxylic acids is 1. The number of carbonyl (C=O) groups excluding carboxylic acids is 3. The van der Waals surface area contributed by atoms with Crippen LogP contribution >= 0.6 is 12.4 Å². The third-order valence-corrected chi connectivity index (χ3v) is 23.1. The average Bonchev–Trinajstić information content (AvgIpc) is 3.31. The maximum Gasteiger partial charge on any atom is 0.309 e. The Morgan fingerprint density at radius 3 is 1.32 bits per heavy atom. The predicted molar refractivity (Wildman–Crippen MR) is 290 cm³/mol. The predicted octanol–water partition coefficient (Wildman–Crippen LogP) is 13.8. The van der Waals surface area contributed by atoms with Crippen LogP contribution in [0.15, 0.2) is 92.6 Å². The van der Waals surface area contributed by atoms with Gasteiger partial charge in [0, 0.05) is 33.9 Å². The van der Waals surface area contributed by atoms with Crippen LogP contribution in [-0.4, -0.2) is 51.9 Å². The number of rotatable bonds is 3. The van der Waals surface area contributed by atoms with Crippen LogP contribution in [0.5, 0.6) is 0 Å². The van der Waals surface area contributed by atoms with Gasteiger partial charge >= 0.3 is 5.97 Å². The summed E-state index contributed by atoms with van der Waals surface area (Å²) >= 11 is 0. The Labute approximate surface area is 438 Å². The lowest BCUT2D eigenvalue weighted by molar-refractivity contribution is -0.178. The van der Waals surface area contributed by atoms with E-state index in [0.717, 1.165) is 112 Å². The van der Waals surface area contributed by atoms with Crippen LogP contribution in [0.1, 0.15) is 187 Å². The normalized spacial score (nSPS) is 43.4. The Morgan fingerprint density at radius 2 is 0.944 bits per heavy atom. The fourth-order valence-electron chi connectivity index (χ4n) is 17.7. The van der Waals surface area contributed by atoms with Gasteiger partial charge in [0.1, 0.15) is 0 Å². The van der Waals surface area contributed by atoms with Gasteiger partial charge in [0.15, 0.2) is 11.5 Å². The Hall–Kier alpha value is -3.95. The fourth-order valence-corrected chi connectivity index (χ4v) is 17.7. The van der Waals surface area contributed by atoms with Crippen molar-refractivity contribution in [1.29, 1.82) is 0 Å². The Balaban J connectivity index is 0.000000198. The molecule has 72 heavy (non-hydrogen) atoms. The van der Waals surface area contributed by atoms with Gasteiger partial charge in [0.25, 0.3) is 0 Å². The van der Waals surface area contributed by atoms with Crippen LogP contribution < -0.4 is 11.1 Å². The molecule has 0 aromatic carbocycles. The minimum absolute atomic E-state index is 0. The van der Waals surface area contributed by atoms with Crippen molar-refractivity contribution in [3.8, 4) is 0 Å². The number of hydrogen-bond acceptors (Lipinski definition) is 7. The molecule has 0 saturated heterocycles. The lowest BCUT2D eigenvalue weighted by atomic mass is 9.34. The number of ketones is 2. The van der Waals surface area contributed by atoms with Crippen LogP contribution in [0.25, 0.3) is 0 Å². The number of aliphatic hydroxyl groups is 2. The number of fused-ring (bicyclic) bond motifs is 14. The Bertz CT molecular complexity index is 2630. The molecule has 0 aromatic heterocycles. The zero-order valence-electron chi connectivity index (χ0n) is 46.4. The summed E-state index contributed by atoms with van der Waals surface area (Å²) < 4.78 is 0. The van der Waals surface area contributed by atoms with Gasteiger partial charge in [0.05, 0.1) is 5.41 Å². The summed E-state index contributed by atoms with van der Waals surface area (Å²) in [6.45, 7) is 32.5. The van der Waals surface area contributed by atoms with Crippen molar-refractivity contribution in [2.24, 2.45) is 71.7 Å². The first-order chi connectivity index (χ1) is 32.9. The van der Waals surface area contributed by atoms with Crippen molar-refractivity contribution in [2.45, 2.75) is 187 Å². The van der Waals surface area contributed by atoms with Crippen LogP contribution in [-0.2, 0) is 19.2 Å². The number of carboxylic acids is 1. The number of aliphatic hydroxyl groups excluding tert-OH is 2. The van der Waals surface area contributed by atoms with Crippen LogP contribution in [0.4, 0.5) is 0 Å². The number of carboxylic acid groups (broad SMARTS) is 1. The molecule has 0 radical (unpaired) electrons. The standard InChI is InChI=1S/C31H43NO3.C29H38O4.C2H7N.ClH/c1-8-32-26(35)28(4)12-11-27(3)13-15-30(6)23-10-9-20-19(2)25(34)22(33)17-21(20)29(23,5)14-16-31(30,7)24(27)18-28;1-17-18-7-8-21-27(4,19(18)15-20(30)23(17)31)12-14-29(6)22-16-26(3,24(32)33)10-9-25(22,2)11-13-28(21,29)5;1-2-3;/h9-10,17,24,34H,8,11-16,18H2,1-7H3,(H,32,35);7-8,15,22,31H,9-14,16H2,1-6H3,(H,32,33);2-3H2,1H3;1H/t24-,27-,28-,29+,30-,31+;22-,25-,26-,27+,28-,29+;;/m11../s1. The first-order valence-electron chi connectivity index (χ1n) is 27.3. The molecule has 0 bridgehead atoms. The molecule has 396 valence electrons. The monoisotopic (exact) mass is 1010 g/mol. The summed E-state index contributed by atoms with van der Waals surface area (Å²) in [4.78, 5) is 50.6. The van der Waals surface area contributed by atoms with E-state index in [4.69, 9.17) is 5.73 Å². The lowest BCUT2D eigenvalue weighted by Crippen LogP contribution is -2.62. The van der Waals surface area contributed by atoms with Gasteiger partial charge in [0.2, 0.25) is 17.5 Å². The molecule has 0 aromatic rings. The molecule has 10 rings (SSSR count). The first kappa shape index (κ1) is 55.8. The molecule has 6 fully saturated rings. The molecular formula is C62H89ClN2O7. The van der Waals surface area contributed by atoms with Crippen molar-refractivity contribution in [3.63, 3.8) is 0 Å². The van der Waals surface area contributed by atoms with E-state index in [1.807, 2.05) is 34.6 Å². The molecule has 12 atom stereocenters. The van der Waals surface area contributed by atoms with E-state index < -0.39 is 11.4 Å². The van der Waals surface area contributed by atoms with E-state index in [1.165, 1.54) is 17.6 Å². The Kier molecular flexibility index (Phi) is 14.0. The van der Waals surface area contributed by atoms with Gasteiger partial charge in [-0.15, -0.1) is 12.4 Å². The number of amides is 1. The highest BCUT2D eigenvalue weighted by Crippen LogP contribution is 2.77. The molecule has 9 nitrogen and oxygen atoms in total. The lowest BCUT2D eigenvalue weighted by Gasteiger charge is -2.70. The number of nitrogens with two attached hydrogens (primary N) is 1. The molecule has 10 aliphatic carbocycles. The summed E-state index contributed by atoms with van der Waals surface area (Å²) in [6.07, 6.45) is 26.3. The molecule has 1 amide bonds. The van der Waals surface area contributed by atoms with Gasteiger partial charge in [-0.1, -0.05) is 105 Å². The molecule has 10 heteroatoms. The average molecular weight is 1010 g/mol. The first-order valence-corrected chi connectivity index (χ1v) is 27.3. The highest BCUT2D eigenvalue weighted by Gasteiger charge is 2.69. The summed E-state index contributed by atoms with van der Waals surface area (Å²) in [5.74, 6) is -0.429. The fraction of sp³-hybridized carbons (Fsp3) is 0.677. The smallest absolute Gasteiger partial charge is 0.309 e. The van der Waals surface area contributed by atoms with E-state index in [-0.39, 0.29) is 90.1 Å². The molecule has 0 spiro atoms. The second-order valence-corrected chi connectivity index (χ2v) is 26.8. The van der Waals surface area contributed by atoms with Crippen molar-refractivity contribution in [2.75, 3.05) is 13.1 Å². The minimum Gasteiger partial charge on any atom is -0.504 e. The van der Waals surface area contributed by atoms with E-state index in [2.05, 4.69) is 91.9 Å². The van der Waals surface area contributed by atoms with Gasteiger partial charge in [-0.2, -0.15) is 0 Å². The highest BCUT2D eigenvalue weighted by molar-refractivity contribution is 6.07. The van der Waals surface area contributed by atoms with Gasteiger partial charge in [-0.3, -0.25) is 19.2 Å². The van der Waals surface area contributed by atoms with Crippen LogP contribution in [0.2, 0.25) is 0 Å². The SMILES string of the molecule is CC1=C(O)C(=O)C=C2C1=CC=C1[C@@]2(C)CC[C@@]2(C)[C@@H]3C[C@](C)(C(=O)O)CC[C@]3(C)CC[C@]12C.CCN.CCNC(=O)[C@]1(C)CC[C@]2(C)CC[C@]3(C)C4=CC=C5C(=CC(=O)C(O)=C5C)[C@]4(C)CC[C@@]3(C)[C@@H]2C1.Cl. The number of nitrogens with one attached hydrogen (secondary N) is 1. The number of halogens is 1. The Morgan fingerprint density at radius 1 is 0.583 bits per heavy atom. The zero-order valence-corrected chi connectivity index (χ0v) is 47.2. The van der Waals surface area contributed by atoms with Crippen molar-refractivity contribution < 1.29 is 34.5 Å². The van der Waals surface area contributed by atoms with E-state index >= 15 is 0 Å². The molecule has 6 saturated carbocycles. The molecule has 0 aliphatic heterocycles. The van der Waals surface area contributed by atoms with Crippen molar-refractivity contribution >= 4 is 35.9 Å². The van der Waals surface area contributed by atoms with E-state index in [0.29, 0.717) is 29.5 Å². The number of carbonyl (C=O) groups is 4. The molecule has 0 unspecified atom stereocenters. The van der Waals surface area contributed by atoms with Crippen LogP contribution in [0.3, 0.4) is 0 Å². The van der Waals surface area contributed by atoms with Crippen LogP contribution in [0, 0.1) is 66.0 Å². The highest BCUT2D eigenvalue weighted by atomic mass is 35.5. The number of hydrogen-bond donors (Lipinski definition) is 5. The second-order valence-electron chi connectivity index (χ2n) is 26.8. The van der Waals surface area contributed by atoms with Gasteiger partial charge in [-0.25, -0.2) is 0 Å². The summed E-state index contributed by atoms with van der Waals surface area (Å²) in [5, 5.41) is 33.8. The minimum atomic E-state index is -0.655. The third-order valence-electron chi connectivity index (χ3n) is 23.1. The maximum absolute atomic E-state index is 13.2. The van der Waals surface area contributed by atoms with Crippen molar-refractivity contribution in [3.05, 3.63) is 92.6 Å². The largest absolute Gasteiger partial charge is 0.504 e. The van der Waals surface area contributed by atoms with E-state index in [9.17, 15) is 34.5 Å². The molecule has 0 heterocycles. The summed E-state index contributed by atoms with van der Waals surface area (Å²) in [6, 6.07) is 0. The second kappa shape index (κ2) is 18.1. The maximum atomic E-state index is 13.2. The topological polar surface area (TPSA) is 167 Å². The van der Waals surface area contributed by atoms with Gasteiger partial charge < -0.3 is 26.4 Å². The van der Waals surface area contributed by atoms with Crippen molar-refractivity contribution in [1.82, 2.24) is 5.32 Å². The zero-order chi connectivity index (χ0) is 52.5. The van der Waals surface area contributed by atoms with Gasteiger partial charge in [-0.05, 0) is 203 Å². The number of allylic oxidation sites excluding steroid dienone is 14. The van der Waals surface area contributed by atoms with E-state index in [1.54, 1.807) is 12.2 Å². The summed E-state index contributed by atoms with van der Waals surface area (Å²) in [7, 11) is 0. The third kappa shape index (κ3) is 7.66. The summed E-state index contributed by atoms with van der Waals surface area (Å²) in [5.41, 5.74) is 12.2. The molecular weight excluding hydrogens is 920 g/mol.